The van der Waals surface area contributed by atoms with E-state index in [1.807, 2.05) is 36.2 Å². The molecule has 0 bridgehead atoms. The average Bonchev–Trinajstić information content (AvgIpc) is 3.24. The zero-order valence-corrected chi connectivity index (χ0v) is 19.8. The molecule has 2 aromatic heterocycles. The van der Waals surface area contributed by atoms with Crippen LogP contribution in [0.2, 0.25) is 0 Å². The van der Waals surface area contributed by atoms with Crippen LogP contribution in [0.1, 0.15) is 73.7 Å². The minimum atomic E-state index is -0.998. The van der Waals surface area contributed by atoms with E-state index in [1.165, 1.54) is 48.6 Å². The highest BCUT2D eigenvalue weighted by atomic mass is 16.4. The Balaban J connectivity index is 1.59. The van der Waals surface area contributed by atoms with Gasteiger partial charge in [0, 0.05) is 19.2 Å². The average molecular weight is 465 g/mol. The molecule has 0 radical (unpaired) electrons. The van der Waals surface area contributed by atoms with Crippen LogP contribution < -0.4 is 10.2 Å². The number of unbranched alkanes of at least 4 members (excludes halogenated alkanes) is 1. The molecule has 0 spiro atoms. The van der Waals surface area contributed by atoms with Gasteiger partial charge in [-0.05, 0) is 42.9 Å². The molecular weight excluding hydrogens is 432 g/mol. The number of nitrogens with zero attached hydrogens (tertiary/aromatic N) is 5. The van der Waals surface area contributed by atoms with Crippen LogP contribution in [0.15, 0.2) is 30.6 Å². The zero-order valence-electron chi connectivity index (χ0n) is 19.8. The molecule has 1 amide bonds. The lowest BCUT2D eigenvalue weighted by atomic mass is 9.84. The van der Waals surface area contributed by atoms with Gasteiger partial charge in [0.25, 0.3) is 5.91 Å². The highest BCUT2D eigenvalue weighted by molar-refractivity contribution is 6.04. The second-order valence-corrected chi connectivity index (χ2v) is 9.00. The predicted molar refractivity (Wildman–Crippen MR) is 131 cm³/mol. The normalized spacial score (nSPS) is 14.3. The Labute approximate surface area is 199 Å². The van der Waals surface area contributed by atoms with E-state index >= 15 is 0 Å². The first-order valence-electron chi connectivity index (χ1n) is 12.0. The molecule has 1 aliphatic carbocycles. The molecule has 1 aromatic carbocycles. The van der Waals surface area contributed by atoms with Crippen LogP contribution in [0.25, 0.3) is 11.2 Å². The number of aliphatic carboxylic acids is 1. The van der Waals surface area contributed by atoms with Gasteiger partial charge in [0.1, 0.15) is 6.54 Å². The maximum absolute atomic E-state index is 13.0. The van der Waals surface area contributed by atoms with Crippen molar-refractivity contribution in [2.45, 2.75) is 64.3 Å². The minimum absolute atomic E-state index is 0.124. The number of carboxylic acids is 1. The Morgan fingerprint density at radius 1 is 1.15 bits per heavy atom. The summed E-state index contributed by atoms with van der Waals surface area (Å²) in [5.41, 5.74) is 2.70. The quantitative estimate of drug-likeness (QED) is 0.481. The lowest BCUT2D eigenvalue weighted by molar-refractivity contribution is -0.137. The Hall–Kier alpha value is -3.49. The van der Waals surface area contributed by atoms with E-state index in [0.29, 0.717) is 28.5 Å². The first kappa shape index (κ1) is 23.7. The first-order chi connectivity index (χ1) is 16.5. The molecule has 1 aliphatic rings. The molecule has 1 saturated carbocycles. The Bertz CT molecular complexity index is 1150. The van der Waals surface area contributed by atoms with Crippen molar-refractivity contribution in [1.29, 1.82) is 0 Å². The highest BCUT2D eigenvalue weighted by Crippen LogP contribution is 2.32. The SMILES string of the molecule is CCCCN(C)c1nc(NC(=O)c2ccc(C3CCCCC3)cc2)nc2c1ncn2CC(=O)O. The van der Waals surface area contributed by atoms with Gasteiger partial charge in [-0.3, -0.25) is 14.9 Å². The Kier molecular flexibility index (Phi) is 7.40. The molecule has 0 aliphatic heterocycles. The number of carboxylic acid groups (broad SMARTS) is 1. The third-order valence-corrected chi connectivity index (χ3v) is 6.43. The number of benzene rings is 1. The number of rotatable bonds is 9. The smallest absolute Gasteiger partial charge is 0.323 e. The van der Waals surface area contributed by atoms with Crippen LogP contribution in [0.3, 0.4) is 0 Å². The van der Waals surface area contributed by atoms with E-state index in [9.17, 15) is 14.7 Å². The van der Waals surface area contributed by atoms with Crippen molar-refractivity contribution in [2.75, 3.05) is 23.8 Å². The van der Waals surface area contributed by atoms with Gasteiger partial charge in [-0.2, -0.15) is 9.97 Å². The summed E-state index contributed by atoms with van der Waals surface area (Å²) >= 11 is 0. The number of nitrogens with one attached hydrogen (secondary N) is 1. The summed E-state index contributed by atoms with van der Waals surface area (Å²) in [6.07, 6.45) is 9.68. The second kappa shape index (κ2) is 10.6. The van der Waals surface area contributed by atoms with E-state index in [4.69, 9.17) is 0 Å². The fourth-order valence-electron chi connectivity index (χ4n) is 4.53. The number of imidazole rings is 1. The number of carbonyl (C=O) groups is 2. The van der Waals surface area contributed by atoms with E-state index < -0.39 is 5.97 Å². The second-order valence-electron chi connectivity index (χ2n) is 9.00. The van der Waals surface area contributed by atoms with Crippen molar-refractivity contribution < 1.29 is 14.7 Å². The van der Waals surface area contributed by atoms with Crippen molar-refractivity contribution in [3.63, 3.8) is 0 Å². The van der Waals surface area contributed by atoms with Gasteiger partial charge in [-0.1, -0.05) is 44.7 Å². The molecule has 2 N–H and O–H groups in total. The topological polar surface area (TPSA) is 113 Å². The molecule has 4 rings (SSSR count). The molecular formula is C25H32N6O3. The van der Waals surface area contributed by atoms with Gasteiger partial charge < -0.3 is 14.6 Å². The molecule has 180 valence electrons. The fraction of sp³-hybridized carbons (Fsp3) is 0.480. The van der Waals surface area contributed by atoms with Gasteiger partial charge in [-0.25, -0.2) is 4.98 Å². The minimum Gasteiger partial charge on any atom is -0.480 e. The van der Waals surface area contributed by atoms with Gasteiger partial charge >= 0.3 is 5.97 Å². The summed E-state index contributed by atoms with van der Waals surface area (Å²) in [7, 11) is 1.91. The van der Waals surface area contributed by atoms with Gasteiger partial charge in [0.2, 0.25) is 5.95 Å². The summed E-state index contributed by atoms with van der Waals surface area (Å²) in [5, 5.41) is 12.0. The van der Waals surface area contributed by atoms with Crippen molar-refractivity contribution in [3.8, 4) is 0 Å². The van der Waals surface area contributed by atoms with Crippen molar-refractivity contribution in [2.24, 2.45) is 0 Å². The maximum Gasteiger partial charge on any atom is 0.323 e. The molecule has 1 fully saturated rings. The number of aromatic nitrogens is 4. The van der Waals surface area contributed by atoms with Gasteiger partial charge in [0.05, 0.1) is 6.33 Å². The molecule has 0 atom stereocenters. The molecule has 9 nitrogen and oxygen atoms in total. The van der Waals surface area contributed by atoms with Crippen LogP contribution in [0.4, 0.5) is 11.8 Å². The zero-order chi connectivity index (χ0) is 24.1. The molecule has 9 heteroatoms. The molecule has 3 aromatic rings. The molecule has 34 heavy (non-hydrogen) atoms. The third-order valence-electron chi connectivity index (χ3n) is 6.43. The number of carbonyl (C=O) groups excluding carboxylic acids is 1. The fourth-order valence-corrected chi connectivity index (χ4v) is 4.53. The van der Waals surface area contributed by atoms with Crippen LogP contribution in [-0.4, -0.2) is 50.1 Å². The number of anilines is 2. The van der Waals surface area contributed by atoms with Crippen LogP contribution in [0.5, 0.6) is 0 Å². The highest BCUT2D eigenvalue weighted by Gasteiger charge is 2.20. The first-order valence-corrected chi connectivity index (χ1v) is 12.0. The monoisotopic (exact) mass is 464 g/mol. The lowest BCUT2D eigenvalue weighted by Gasteiger charge is -2.22. The largest absolute Gasteiger partial charge is 0.480 e. The summed E-state index contributed by atoms with van der Waals surface area (Å²) in [4.78, 5) is 39.6. The summed E-state index contributed by atoms with van der Waals surface area (Å²) in [6.45, 7) is 2.59. The van der Waals surface area contributed by atoms with E-state index in [2.05, 4.69) is 27.2 Å². The van der Waals surface area contributed by atoms with Crippen molar-refractivity contribution in [1.82, 2.24) is 19.5 Å². The molecule has 0 saturated heterocycles. The van der Waals surface area contributed by atoms with Crippen molar-refractivity contribution in [3.05, 3.63) is 41.7 Å². The summed E-state index contributed by atoms with van der Waals surface area (Å²) < 4.78 is 1.45. The number of hydrogen-bond acceptors (Lipinski definition) is 6. The Morgan fingerprint density at radius 3 is 2.56 bits per heavy atom. The van der Waals surface area contributed by atoms with Gasteiger partial charge in [0.15, 0.2) is 17.0 Å². The van der Waals surface area contributed by atoms with Crippen LogP contribution in [-0.2, 0) is 11.3 Å². The van der Waals surface area contributed by atoms with Crippen LogP contribution in [0, 0.1) is 0 Å². The van der Waals surface area contributed by atoms with Crippen molar-refractivity contribution >= 4 is 34.8 Å². The lowest BCUT2D eigenvalue weighted by Crippen LogP contribution is -2.22. The maximum atomic E-state index is 13.0. The van der Waals surface area contributed by atoms with E-state index in [-0.39, 0.29) is 18.4 Å². The van der Waals surface area contributed by atoms with Gasteiger partial charge in [-0.15, -0.1) is 0 Å². The summed E-state index contributed by atoms with van der Waals surface area (Å²) in [5.74, 6) is -0.0411. The van der Waals surface area contributed by atoms with E-state index in [0.717, 1.165) is 19.4 Å². The van der Waals surface area contributed by atoms with E-state index in [1.54, 1.807) is 0 Å². The third kappa shape index (κ3) is 5.35. The molecule has 0 unspecified atom stereocenters. The standard InChI is InChI=1S/C25H32N6O3/c1-3-4-14-30(2)22-21-23(31(16-26-21)15-20(32)33)28-25(27-22)29-24(34)19-12-10-18(11-13-19)17-8-6-5-7-9-17/h10-13,16-17H,3-9,14-15H2,1-2H3,(H,32,33)(H,27,28,29,34). The molecule has 2 heterocycles. The number of hydrogen-bond donors (Lipinski definition) is 2. The predicted octanol–water partition coefficient (Wildman–Crippen LogP) is 4.45. The summed E-state index contributed by atoms with van der Waals surface area (Å²) in [6, 6.07) is 7.78. The van der Waals surface area contributed by atoms with Crippen LogP contribution >= 0.6 is 0 Å². The Morgan fingerprint density at radius 2 is 1.88 bits per heavy atom. The number of amides is 1. The number of fused-ring (bicyclic) bond motifs is 1.